The van der Waals surface area contributed by atoms with Crippen LogP contribution in [0, 0.1) is 0 Å². The van der Waals surface area contributed by atoms with Crippen molar-refractivity contribution in [3.05, 3.63) is 60.2 Å². The Balaban J connectivity index is 2.16. The molecule has 5 heteroatoms. The van der Waals surface area contributed by atoms with Gasteiger partial charge in [0.2, 0.25) is 0 Å². The van der Waals surface area contributed by atoms with Crippen LogP contribution < -0.4 is 5.32 Å². The molecule has 98 valence electrons. The highest BCUT2D eigenvalue weighted by Gasteiger charge is 2.22. The SMILES string of the molecule is CC(NC(C(=O)O)c1ccccc1)c1cnccn1. The maximum atomic E-state index is 11.4. The lowest BCUT2D eigenvalue weighted by Gasteiger charge is -2.19. The summed E-state index contributed by atoms with van der Waals surface area (Å²) >= 11 is 0. The van der Waals surface area contributed by atoms with Crippen molar-refractivity contribution in [1.82, 2.24) is 15.3 Å². The summed E-state index contributed by atoms with van der Waals surface area (Å²) in [4.78, 5) is 19.5. The molecule has 0 fully saturated rings. The molecule has 0 aliphatic heterocycles. The Morgan fingerprint density at radius 2 is 2.00 bits per heavy atom. The Morgan fingerprint density at radius 3 is 2.58 bits per heavy atom. The van der Waals surface area contributed by atoms with Crippen LogP contribution in [-0.4, -0.2) is 21.0 Å². The first-order chi connectivity index (χ1) is 9.18. The Labute approximate surface area is 111 Å². The molecular weight excluding hydrogens is 242 g/mol. The van der Waals surface area contributed by atoms with Crippen LogP contribution in [-0.2, 0) is 4.79 Å². The maximum absolute atomic E-state index is 11.4. The van der Waals surface area contributed by atoms with Crippen LogP contribution in [0.5, 0.6) is 0 Å². The number of carboxylic acid groups (broad SMARTS) is 1. The second kappa shape index (κ2) is 6.06. The van der Waals surface area contributed by atoms with Crippen molar-refractivity contribution in [3.8, 4) is 0 Å². The molecule has 2 aromatic rings. The quantitative estimate of drug-likeness (QED) is 0.856. The van der Waals surface area contributed by atoms with E-state index in [1.165, 1.54) is 0 Å². The van der Waals surface area contributed by atoms with E-state index in [4.69, 9.17) is 0 Å². The highest BCUT2D eigenvalue weighted by atomic mass is 16.4. The van der Waals surface area contributed by atoms with E-state index in [2.05, 4.69) is 15.3 Å². The van der Waals surface area contributed by atoms with Crippen molar-refractivity contribution in [2.24, 2.45) is 0 Å². The summed E-state index contributed by atoms with van der Waals surface area (Å²) in [7, 11) is 0. The summed E-state index contributed by atoms with van der Waals surface area (Å²) in [6.07, 6.45) is 4.80. The zero-order valence-electron chi connectivity index (χ0n) is 10.5. The third kappa shape index (κ3) is 3.35. The molecule has 1 aromatic carbocycles. The molecule has 5 nitrogen and oxygen atoms in total. The summed E-state index contributed by atoms with van der Waals surface area (Å²) < 4.78 is 0. The van der Waals surface area contributed by atoms with E-state index in [0.29, 0.717) is 11.3 Å². The van der Waals surface area contributed by atoms with Crippen LogP contribution in [0.15, 0.2) is 48.9 Å². The van der Waals surface area contributed by atoms with Crippen molar-refractivity contribution < 1.29 is 9.90 Å². The molecule has 0 aliphatic carbocycles. The first-order valence-corrected chi connectivity index (χ1v) is 5.98. The minimum absolute atomic E-state index is 0.199. The van der Waals surface area contributed by atoms with E-state index in [0.717, 1.165) is 0 Å². The van der Waals surface area contributed by atoms with Gasteiger partial charge in [-0.15, -0.1) is 0 Å². The van der Waals surface area contributed by atoms with Crippen LogP contribution in [0.3, 0.4) is 0 Å². The molecule has 0 amide bonds. The second-order valence-corrected chi connectivity index (χ2v) is 4.20. The van der Waals surface area contributed by atoms with E-state index < -0.39 is 12.0 Å². The molecular formula is C14H15N3O2. The first kappa shape index (κ1) is 13.2. The van der Waals surface area contributed by atoms with Gasteiger partial charge in [-0.1, -0.05) is 30.3 Å². The fraction of sp³-hybridized carbons (Fsp3) is 0.214. The molecule has 19 heavy (non-hydrogen) atoms. The number of aliphatic carboxylic acids is 1. The van der Waals surface area contributed by atoms with Gasteiger partial charge in [0, 0.05) is 24.6 Å². The van der Waals surface area contributed by atoms with Gasteiger partial charge in [-0.05, 0) is 12.5 Å². The minimum Gasteiger partial charge on any atom is -0.480 e. The number of hydrogen-bond donors (Lipinski definition) is 2. The molecule has 0 spiro atoms. The lowest BCUT2D eigenvalue weighted by Crippen LogP contribution is -2.31. The molecule has 0 saturated heterocycles. The zero-order chi connectivity index (χ0) is 13.7. The lowest BCUT2D eigenvalue weighted by atomic mass is 10.1. The molecule has 1 heterocycles. The summed E-state index contributed by atoms with van der Waals surface area (Å²) in [5.41, 5.74) is 1.43. The van der Waals surface area contributed by atoms with E-state index in [1.54, 1.807) is 30.7 Å². The molecule has 2 rings (SSSR count). The van der Waals surface area contributed by atoms with E-state index in [-0.39, 0.29) is 6.04 Å². The summed E-state index contributed by atoms with van der Waals surface area (Å²) in [6, 6.07) is 8.10. The predicted octanol–water partition coefficient (Wildman–Crippen LogP) is 1.95. The van der Waals surface area contributed by atoms with Crippen molar-refractivity contribution in [2.75, 3.05) is 0 Å². The monoisotopic (exact) mass is 257 g/mol. The topological polar surface area (TPSA) is 75.1 Å². The minimum atomic E-state index is -0.915. The summed E-state index contributed by atoms with van der Waals surface area (Å²) in [6.45, 7) is 1.86. The van der Waals surface area contributed by atoms with E-state index >= 15 is 0 Å². The van der Waals surface area contributed by atoms with Crippen LogP contribution in [0.2, 0.25) is 0 Å². The Morgan fingerprint density at radius 1 is 1.26 bits per heavy atom. The van der Waals surface area contributed by atoms with Gasteiger partial charge in [-0.3, -0.25) is 20.1 Å². The van der Waals surface area contributed by atoms with Gasteiger partial charge < -0.3 is 5.11 Å². The third-order valence-electron chi connectivity index (χ3n) is 2.82. The van der Waals surface area contributed by atoms with Gasteiger partial charge in [0.25, 0.3) is 0 Å². The molecule has 0 bridgehead atoms. The van der Waals surface area contributed by atoms with E-state index in [1.807, 2.05) is 25.1 Å². The number of nitrogens with zero attached hydrogens (tertiary/aromatic N) is 2. The number of hydrogen-bond acceptors (Lipinski definition) is 4. The fourth-order valence-corrected chi connectivity index (χ4v) is 1.83. The fourth-order valence-electron chi connectivity index (χ4n) is 1.83. The van der Waals surface area contributed by atoms with Gasteiger partial charge in [0.1, 0.15) is 6.04 Å². The average molecular weight is 257 g/mol. The summed E-state index contributed by atoms with van der Waals surface area (Å²) in [5, 5.41) is 12.4. The highest BCUT2D eigenvalue weighted by Crippen LogP contribution is 2.18. The third-order valence-corrected chi connectivity index (χ3v) is 2.82. The van der Waals surface area contributed by atoms with E-state index in [9.17, 15) is 9.90 Å². The van der Waals surface area contributed by atoms with Gasteiger partial charge in [0.15, 0.2) is 0 Å². The van der Waals surface area contributed by atoms with Crippen molar-refractivity contribution >= 4 is 5.97 Å². The molecule has 0 radical (unpaired) electrons. The average Bonchev–Trinajstić information content (AvgIpc) is 2.46. The van der Waals surface area contributed by atoms with Gasteiger partial charge >= 0.3 is 5.97 Å². The van der Waals surface area contributed by atoms with Gasteiger partial charge in [0.05, 0.1) is 5.69 Å². The number of carbonyl (C=O) groups is 1. The zero-order valence-corrected chi connectivity index (χ0v) is 10.5. The van der Waals surface area contributed by atoms with Gasteiger partial charge in [-0.25, -0.2) is 0 Å². The first-order valence-electron chi connectivity index (χ1n) is 5.98. The van der Waals surface area contributed by atoms with Crippen LogP contribution in [0.1, 0.15) is 30.3 Å². The largest absolute Gasteiger partial charge is 0.480 e. The molecule has 2 N–H and O–H groups in total. The van der Waals surface area contributed by atoms with Crippen molar-refractivity contribution in [2.45, 2.75) is 19.0 Å². The number of benzene rings is 1. The Hall–Kier alpha value is -2.27. The molecule has 1 aromatic heterocycles. The Bertz CT molecular complexity index is 531. The molecule has 2 unspecified atom stereocenters. The molecule has 0 saturated carbocycles. The highest BCUT2D eigenvalue weighted by molar-refractivity contribution is 5.75. The predicted molar refractivity (Wildman–Crippen MR) is 70.4 cm³/mol. The summed E-state index contributed by atoms with van der Waals surface area (Å²) in [5.74, 6) is -0.915. The molecule has 2 atom stereocenters. The normalized spacial score (nSPS) is 13.7. The smallest absolute Gasteiger partial charge is 0.325 e. The standard InChI is InChI=1S/C14H15N3O2/c1-10(12-9-15-7-8-16-12)17-13(14(18)19)11-5-3-2-4-6-11/h2-10,13,17H,1H3,(H,18,19). The van der Waals surface area contributed by atoms with Crippen molar-refractivity contribution in [3.63, 3.8) is 0 Å². The van der Waals surface area contributed by atoms with Crippen LogP contribution in [0.25, 0.3) is 0 Å². The number of rotatable bonds is 5. The molecule has 0 aliphatic rings. The second-order valence-electron chi connectivity index (χ2n) is 4.20. The lowest BCUT2D eigenvalue weighted by molar-refractivity contribution is -0.139. The number of nitrogens with one attached hydrogen (secondary N) is 1. The number of carboxylic acids is 1. The van der Waals surface area contributed by atoms with Gasteiger partial charge in [-0.2, -0.15) is 0 Å². The van der Waals surface area contributed by atoms with Crippen LogP contribution >= 0.6 is 0 Å². The maximum Gasteiger partial charge on any atom is 0.325 e. The van der Waals surface area contributed by atoms with Crippen LogP contribution in [0.4, 0.5) is 0 Å². The Kier molecular flexibility index (Phi) is 4.20. The van der Waals surface area contributed by atoms with Crippen molar-refractivity contribution in [1.29, 1.82) is 0 Å². The number of aromatic nitrogens is 2.